The topological polar surface area (TPSA) is 77.0 Å². The molecule has 0 spiro atoms. The Bertz CT molecular complexity index is 680. The molecule has 0 saturated heterocycles. The SMILES string of the molecule is CNC(C)Cc1noc(-c2cc(-c3cccs3)on2)n1.Cl. The van der Waals surface area contributed by atoms with Gasteiger partial charge in [0.15, 0.2) is 17.3 Å². The largest absolute Gasteiger partial charge is 0.355 e. The van der Waals surface area contributed by atoms with Gasteiger partial charge in [-0.1, -0.05) is 16.4 Å². The van der Waals surface area contributed by atoms with Crippen LogP contribution in [0.5, 0.6) is 0 Å². The summed E-state index contributed by atoms with van der Waals surface area (Å²) in [4.78, 5) is 5.35. The van der Waals surface area contributed by atoms with E-state index in [-0.39, 0.29) is 12.4 Å². The zero-order valence-corrected chi connectivity index (χ0v) is 13.2. The van der Waals surface area contributed by atoms with Crippen molar-refractivity contribution in [3.05, 3.63) is 29.4 Å². The van der Waals surface area contributed by atoms with Gasteiger partial charge in [0.25, 0.3) is 5.89 Å². The molecule has 1 N–H and O–H groups in total. The molecule has 0 radical (unpaired) electrons. The van der Waals surface area contributed by atoms with E-state index in [9.17, 15) is 0 Å². The summed E-state index contributed by atoms with van der Waals surface area (Å²) >= 11 is 1.59. The standard InChI is InChI=1S/C13H14N4O2S.ClH/c1-8(14-2)6-12-15-13(19-17-12)9-7-10(18-16-9)11-4-3-5-20-11;/h3-5,7-8,14H,6H2,1-2H3;1H. The molecule has 8 heteroatoms. The van der Waals surface area contributed by atoms with Crippen LogP contribution < -0.4 is 5.32 Å². The highest BCUT2D eigenvalue weighted by Gasteiger charge is 2.16. The maximum atomic E-state index is 5.30. The van der Waals surface area contributed by atoms with Crippen LogP contribution in [0.4, 0.5) is 0 Å². The summed E-state index contributed by atoms with van der Waals surface area (Å²) in [7, 11) is 1.90. The maximum absolute atomic E-state index is 5.30. The highest BCUT2D eigenvalue weighted by molar-refractivity contribution is 7.13. The summed E-state index contributed by atoms with van der Waals surface area (Å²) in [5.74, 6) is 1.75. The van der Waals surface area contributed by atoms with Gasteiger partial charge in [-0.3, -0.25) is 0 Å². The quantitative estimate of drug-likeness (QED) is 0.776. The van der Waals surface area contributed by atoms with Crippen molar-refractivity contribution in [2.45, 2.75) is 19.4 Å². The minimum absolute atomic E-state index is 0. The highest BCUT2D eigenvalue weighted by Crippen LogP contribution is 2.28. The fraction of sp³-hybridized carbons (Fsp3) is 0.308. The lowest BCUT2D eigenvalue weighted by molar-refractivity contribution is 0.404. The van der Waals surface area contributed by atoms with Crippen LogP contribution in [-0.2, 0) is 6.42 Å². The fourth-order valence-electron chi connectivity index (χ4n) is 1.73. The molecule has 0 fully saturated rings. The van der Waals surface area contributed by atoms with Gasteiger partial charge in [-0.25, -0.2) is 0 Å². The van der Waals surface area contributed by atoms with E-state index >= 15 is 0 Å². The molecule has 21 heavy (non-hydrogen) atoms. The molecule has 3 heterocycles. The van der Waals surface area contributed by atoms with Crippen molar-refractivity contribution in [2.75, 3.05) is 7.05 Å². The second-order valence-corrected chi connectivity index (χ2v) is 5.41. The molecule has 0 aliphatic rings. The number of likely N-dealkylation sites (N-methyl/N-ethyl adjacent to an activating group) is 1. The van der Waals surface area contributed by atoms with E-state index in [1.807, 2.05) is 30.6 Å². The van der Waals surface area contributed by atoms with Gasteiger partial charge in [0.1, 0.15) is 0 Å². The monoisotopic (exact) mass is 326 g/mol. The van der Waals surface area contributed by atoms with E-state index in [2.05, 4.69) is 27.5 Å². The van der Waals surface area contributed by atoms with Gasteiger partial charge in [0, 0.05) is 18.5 Å². The fourth-order valence-corrected chi connectivity index (χ4v) is 2.40. The lowest BCUT2D eigenvalue weighted by Gasteiger charge is -2.04. The van der Waals surface area contributed by atoms with Crippen molar-refractivity contribution >= 4 is 23.7 Å². The third-order valence-electron chi connectivity index (χ3n) is 2.94. The summed E-state index contributed by atoms with van der Waals surface area (Å²) in [5, 5.41) is 13.0. The number of thiophene rings is 1. The van der Waals surface area contributed by atoms with Crippen molar-refractivity contribution in [3.63, 3.8) is 0 Å². The molecule has 0 aliphatic carbocycles. The Kier molecular flexibility index (Phi) is 5.11. The highest BCUT2D eigenvalue weighted by atomic mass is 35.5. The predicted molar refractivity (Wildman–Crippen MR) is 82.6 cm³/mol. The summed E-state index contributed by atoms with van der Waals surface area (Å²) < 4.78 is 10.5. The minimum atomic E-state index is 0. The Balaban J connectivity index is 0.00000161. The molecule has 0 aliphatic heterocycles. The second-order valence-electron chi connectivity index (χ2n) is 4.46. The van der Waals surface area contributed by atoms with Crippen molar-refractivity contribution in [1.29, 1.82) is 0 Å². The molecular weight excluding hydrogens is 312 g/mol. The van der Waals surface area contributed by atoms with Crippen molar-refractivity contribution in [1.82, 2.24) is 20.6 Å². The van der Waals surface area contributed by atoms with E-state index in [0.717, 1.165) is 4.88 Å². The molecule has 0 amide bonds. The van der Waals surface area contributed by atoms with Crippen LogP contribution in [0.2, 0.25) is 0 Å². The Morgan fingerprint density at radius 2 is 2.19 bits per heavy atom. The molecule has 1 atom stereocenters. The minimum Gasteiger partial charge on any atom is -0.355 e. The number of nitrogens with one attached hydrogen (secondary N) is 1. The molecule has 3 rings (SSSR count). The Morgan fingerprint density at radius 3 is 2.90 bits per heavy atom. The molecule has 0 bridgehead atoms. The van der Waals surface area contributed by atoms with Gasteiger partial charge in [-0.2, -0.15) is 4.98 Å². The van der Waals surface area contributed by atoms with Crippen LogP contribution in [0.1, 0.15) is 12.7 Å². The Labute approximate surface area is 131 Å². The van der Waals surface area contributed by atoms with Crippen LogP contribution in [-0.4, -0.2) is 28.4 Å². The van der Waals surface area contributed by atoms with Crippen molar-refractivity contribution in [2.24, 2.45) is 0 Å². The summed E-state index contributed by atoms with van der Waals surface area (Å²) in [5.41, 5.74) is 0.560. The zero-order chi connectivity index (χ0) is 13.9. The molecule has 0 saturated carbocycles. The van der Waals surface area contributed by atoms with Gasteiger partial charge in [0.05, 0.1) is 4.88 Å². The van der Waals surface area contributed by atoms with E-state index in [4.69, 9.17) is 9.05 Å². The zero-order valence-electron chi connectivity index (χ0n) is 11.6. The summed E-state index contributed by atoms with van der Waals surface area (Å²) in [6.07, 6.45) is 0.704. The van der Waals surface area contributed by atoms with Gasteiger partial charge >= 0.3 is 0 Å². The lowest BCUT2D eigenvalue weighted by atomic mass is 10.2. The van der Waals surface area contributed by atoms with Crippen LogP contribution in [0.3, 0.4) is 0 Å². The normalized spacial score (nSPS) is 12.1. The number of rotatable bonds is 5. The maximum Gasteiger partial charge on any atom is 0.280 e. The number of aromatic nitrogens is 3. The molecule has 6 nitrogen and oxygen atoms in total. The molecule has 0 aromatic carbocycles. The third-order valence-corrected chi connectivity index (χ3v) is 3.83. The molecular formula is C13H15ClN4O2S. The first kappa shape index (κ1) is 15.7. The Hall–Kier alpha value is -1.70. The predicted octanol–water partition coefficient (Wildman–Crippen LogP) is 3.03. The Morgan fingerprint density at radius 1 is 1.33 bits per heavy atom. The van der Waals surface area contributed by atoms with Gasteiger partial charge in [0.2, 0.25) is 0 Å². The second kappa shape index (κ2) is 6.84. The molecule has 3 aromatic rings. The molecule has 112 valence electrons. The van der Waals surface area contributed by atoms with Crippen molar-refractivity contribution in [3.8, 4) is 22.2 Å². The number of halogens is 1. The molecule has 1 unspecified atom stereocenters. The van der Waals surface area contributed by atoms with E-state index in [0.29, 0.717) is 35.6 Å². The van der Waals surface area contributed by atoms with Gasteiger partial charge < -0.3 is 14.4 Å². The first-order valence-electron chi connectivity index (χ1n) is 6.27. The average molecular weight is 327 g/mol. The van der Waals surface area contributed by atoms with E-state index in [1.165, 1.54) is 0 Å². The first-order valence-corrected chi connectivity index (χ1v) is 7.15. The summed E-state index contributed by atoms with van der Waals surface area (Å²) in [6.45, 7) is 2.06. The lowest BCUT2D eigenvalue weighted by Crippen LogP contribution is -2.24. The molecule has 3 aromatic heterocycles. The van der Waals surface area contributed by atoms with Crippen LogP contribution in [0.25, 0.3) is 22.2 Å². The van der Waals surface area contributed by atoms with Gasteiger partial charge in [-0.05, 0) is 25.4 Å². The van der Waals surface area contributed by atoms with E-state index < -0.39 is 0 Å². The number of hydrogen-bond donors (Lipinski definition) is 1. The average Bonchev–Trinajstić information content (AvgIpc) is 3.18. The van der Waals surface area contributed by atoms with E-state index in [1.54, 1.807) is 11.3 Å². The van der Waals surface area contributed by atoms with Crippen LogP contribution in [0.15, 0.2) is 32.6 Å². The first-order chi connectivity index (χ1) is 9.76. The van der Waals surface area contributed by atoms with Crippen LogP contribution >= 0.6 is 23.7 Å². The van der Waals surface area contributed by atoms with Crippen LogP contribution in [0, 0.1) is 0 Å². The summed E-state index contributed by atoms with van der Waals surface area (Å²) in [6, 6.07) is 6.04. The number of hydrogen-bond acceptors (Lipinski definition) is 7. The van der Waals surface area contributed by atoms with Gasteiger partial charge in [-0.15, -0.1) is 23.7 Å². The third kappa shape index (κ3) is 3.49. The smallest absolute Gasteiger partial charge is 0.280 e. The van der Waals surface area contributed by atoms with Crippen molar-refractivity contribution < 1.29 is 9.05 Å². The number of nitrogens with zero attached hydrogens (tertiary/aromatic N) is 3.